The van der Waals surface area contributed by atoms with Gasteiger partial charge in [-0.1, -0.05) is 0 Å². The number of hydrogen-bond acceptors (Lipinski definition) is 10. The maximum absolute atomic E-state index is 10.1. The summed E-state index contributed by atoms with van der Waals surface area (Å²) in [5.41, 5.74) is -2.97. The summed E-state index contributed by atoms with van der Waals surface area (Å²) in [4.78, 5) is 30.0. The van der Waals surface area contributed by atoms with Crippen LogP contribution in [0.4, 0.5) is 0 Å². The van der Waals surface area contributed by atoms with Gasteiger partial charge in [0, 0.05) is 24.8 Å². The van der Waals surface area contributed by atoms with E-state index in [-0.39, 0.29) is 154 Å². The molecule has 0 amide bonds. The van der Waals surface area contributed by atoms with Gasteiger partial charge in [0.25, 0.3) is 0 Å². The topological polar surface area (TPSA) is 212 Å². The first-order valence-electron chi connectivity index (χ1n) is 4.24. The average molecular weight is 581 g/mol. The summed E-state index contributed by atoms with van der Waals surface area (Å²) in [6, 6.07) is 0. The molecule has 14 heteroatoms. The summed E-state index contributed by atoms with van der Waals surface area (Å²) in [6.07, 6.45) is -2.72. The molecule has 0 aromatic heterocycles. The van der Waals surface area contributed by atoms with Gasteiger partial charge in [0.1, 0.15) is 5.60 Å². The van der Waals surface area contributed by atoms with Crippen molar-refractivity contribution in [3.63, 3.8) is 0 Å². The van der Waals surface area contributed by atoms with E-state index in [1.54, 1.807) is 12.9 Å². The van der Waals surface area contributed by atoms with E-state index in [4.69, 9.17) is 20.9 Å². The predicted octanol–water partition coefficient (Wildman–Crippen LogP) is -14.2. The largest absolute Gasteiger partial charge is 1.00 e. The van der Waals surface area contributed by atoms with Crippen LogP contribution in [0.1, 0.15) is 12.8 Å². The number of aliphatic hydroxyl groups is 1. The molecule has 112 valence electrons. The Morgan fingerprint density at radius 3 is 1.22 bits per heavy atom. The molecule has 1 N–H and O–H groups in total. The maximum atomic E-state index is 10.1. The summed E-state index contributed by atoms with van der Waals surface area (Å²) < 4.78 is 4.88. The SMILES string of the molecule is N#[C][Au]([C]#N)[C]#N.O=C([O-])CC(O)(CC(=O)[O-])C(=O)[O-].[K+].[K+].[K+]. The van der Waals surface area contributed by atoms with E-state index in [0.29, 0.717) is 0 Å². The number of nitrogens with zero attached hydrogens (tertiary/aromatic N) is 3. The van der Waals surface area contributed by atoms with Crippen LogP contribution in [0.3, 0.4) is 0 Å². The molecule has 0 atom stereocenters. The smallest absolute Gasteiger partial charge is 0.550 e. The molecule has 0 aromatic carbocycles. The molecule has 0 bridgehead atoms. The fraction of sp³-hybridized carbons (Fsp3) is 0.333. The number of nitriles is 3. The Bertz CT molecular complexity index is 477. The molecule has 0 aliphatic rings. The quantitative estimate of drug-likeness (QED) is 0.303. The minimum Gasteiger partial charge on any atom is -0.550 e. The number of carbonyl (C=O) groups excluding carboxylic acids is 3. The molecule has 0 unspecified atom stereocenters. The van der Waals surface area contributed by atoms with E-state index in [1.807, 2.05) is 0 Å². The van der Waals surface area contributed by atoms with Crippen molar-refractivity contribution in [3.05, 3.63) is 0 Å². The van der Waals surface area contributed by atoms with E-state index in [0.717, 1.165) is 0 Å². The molecule has 0 aliphatic carbocycles. The molecule has 0 aromatic rings. The summed E-state index contributed by atoms with van der Waals surface area (Å²) >= 11 is -2.33. The molecule has 0 radical (unpaired) electrons. The monoisotopic (exact) mass is 581 g/mol. The van der Waals surface area contributed by atoms with Crippen LogP contribution in [-0.2, 0) is 32.8 Å². The van der Waals surface area contributed by atoms with Crippen molar-refractivity contribution in [2.24, 2.45) is 0 Å². The van der Waals surface area contributed by atoms with Gasteiger partial charge in [0.15, 0.2) is 0 Å². The molecular formula is C9H5AuK3N3O7. The summed E-state index contributed by atoms with van der Waals surface area (Å²) in [5, 5.41) is 62.6. The van der Waals surface area contributed by atoms with Gasteiger partial charge in [0.05, 0.1) is 5.97 Å². The first-order chi connectivity index (χ1) is 9.12. The number of carbonyl (C=O) groups is 3. The standard InChI is InChI=1S/C6H8O7.3CN.Au.3K/c7-3(8)1-6(13,5(11)12)2-4(9)10;3*1-2;;;;/h13H,1-2H2,(H,7,8)(H,9,10)(H,11,12);;;;;;;/q;;;;;3*+1/p-3. The van der Waals surface area contributed by atoms with E-state index in [1.165, 1.54) is 0 Å². The fourth-order valence-electron chi connectivity index (χ4n) is 0.730. The Hall–Kier alpha value is 2.49. The van der Waals surface area contributed by atoms with Crippen molar-refractivity contribution in [3.8, 4) is 12.9 Å². The molecule has 0 saturated heterocycles. The number of hydrogen-bond donors (Lipinski definition) is 1. The summed E-state index contributed by atoms with van der Waals surface area (Å²) in [5.74, 6) is -5.98. The van der Waals surface area contributed by atoms with Gasteiger partial charge in [-0.25, -0.2) is 0 Å². The van der Waals surface area contributed by atoms with Crippen molar-refractivity contribution in [1.29, 1.82) is 15.8 Å². The molecule has 23 heavy (non-hydrogen) atoms. The number of aliphatic carboxylic acids is 3. The molecule has 0 fully saturated rings. The average Bonchev–Trinajstić information content (AvgIpc) is 2.29. The van der Waals surface area contributed by atoms with Crippen molar-refractivity contribution in [2.75, 3.05) is 0 Å². The Balaban J connectivity index is -0.0000000945. The summed E-state index contributed by atoms with van der Waals surface area (Å²) in [6.45, 7) is 0. The van der Waals surface area contributed by atoms with Crippen LogP contribution in [0, 0.1) is 28.6 Å². The normalized spacial score (nSPS) is 8.35. The Morgan fingerprint density at radius 2 is 1.13 bits per heavy atom. The van der Waals surface area contributed by atoms with Crippen molar-refractivity contribution in [2.45, 2.75) is 18.4 Å². The van der Waals surface area contributed by atoms with E-state index < -0.39 is 54.8 Å². The molecule has 0 aliphatic heterocycles. The van der Waals surface area contributed by atoms with Gasteiger partial charge in [0.2, 0.25) is 0 Å². The van der Waals surface area contributed by atoms with Crippen molar-refractivity contribution >= 4 is 17.9 Å². The van der Waals surface area contributed by atoms with Gasteiger partial charge in [-0.3, -0.25) is 0 Å². The van der Waals surface area contributed by atoms with E-state index in [9.17, 15) is 29.7 Å². The zero-order valence-corrected chi connectivity index (χ0v) is 24.0. The van der Waals surface area contributed by atoms with Crippen LogP contribution >= 0.6 is 0 Å². The fourth-order valence-corrected chi connectivity index (χ4v) is 1.05. The van der Waals surface area contributed by atoms with Crippen molar-refractivity contribution < 1.29 is 207 Å². The first-order valence-corrected chi connectivity index (χ1v) is 7.49. The number of rotatable bonds is 5. The molecule has 0 spiro atoms. The van der Waals surface area contributed by atoms with Crippen LogP contribution in [0.25, 0.3) is 0 Å². The molecule has 0 rings (SSSR count). The van der Waals surface area contributed by atoms with Gasteiger partial charge in [-0.15, -0.1) is 0 Å². The van der Waals surface area contributed by atoms with Crippen LogP contribution in [0.5, 0.6) is 0 Å². The third-order valence-corrected chi connectivity index (χ3v) is 2.91. The van der Waals surface area contributed by atoms with Crippen LogP contribution in [0.2, 0.25) is 0 Å². The minimum atomic E-state index is -2.97. The Labute approximate surface area is 265 Å². The molecule has 0 saturated carbocycles. The van der Waals surface area contributed by atoms with Gasteiger partial charge in [-0.05, 0) is 0 Å². The minimum absolute atomic E-state index is 0. The number of carboxylic acid groups (broad SMARTS) is 3. The zero-order valence-electron chi connectivity index (χ0n) is 12.5. The molecule has 10 nitrogen and oxygen atoms in total. The maximum Gasteiger partial charge on any atom is 1.00 e. The van der Waals surface area contributed by atoms with Gasteiger partial charge < -0.3 is 34.8 Å². The Morgan fingerprint density at radius 1 is 0.870 bits per heavy atom. The first kappa shape index (κ1) is 36.4. The van der Waals surface area contributed by atoms with E-state index >= 15 is 0 Å². The van der Waals surface area contributed by atoms with Crippen molar-refractivity contribution in [1.82, 2.24) is 0 Å². The zero-order chi connectivity index (χ0) is 16.3. The number of carboxylic acids is 3. The second-order valence-corrected chi connectivity index (χ2v) is 5.92. The van der Waals surface area contributed by atoms with Gasteiger partial charge in [-0.2, -0.15) is 0 Å². The Kier molecular flexibility index (Phi) is 32.9. The third kappa shape index (κ3) is 20.7. The third-order valence-electron chi connectivity index (χ3n) is 1.46. The van der Waals surface area contributed by atoms with Crippen LogP contribution < -0.4 is 169 Å². The van der Waals surface area contributed by atoms with E-state index in [2.05, 4.69) is 0 Å². The van der Waals surface area contributed by atoms with Crippen LogP contribution in [0.15, 0.2) is 0 Å². The second-order valence-electron chi connectivity index (χ2n) is 2.85. The summed E-state index contributed by atoms with van der Waals surface area (Å²) in [7, 11) is 0. The molecular weight excluding hydrogens is 576 g/mol. The molecule has 0 heterocycles. The predicted molar refractivity (Wildman–Crippen MR) is 46.0 cm³/mol. The van der Waals surface area contributed by atoms with Gasteiger partial charge >= 0.3 is 201 Å². The second kappa shape index (κ2) is 20.8. The van der Waals surface area contributed by atoms with Crippen LogP contribution in [-0.4, -0.2) is 28.6 Å².